The van der Waals surface area contributed by atoms with E-state index < -0.39 is 0 Å². The van der Waals surface area contributed by atoms with Crippen LogP contribution in [0.15, 0.2) is 0 Å². The molecular weight excluding hydrogens is 220 g/mol. The minimum absolute atomic E-state index is 0.139. The third-order valence-corrected chi connectivity index (χ3v) is 2.91. The second kappa shape index (κ2) is 4.88. The zero-order valence-electron chi connectivity index (χ0n) is 11.1. The van der Waals surface area contributed by atoms with Crippen LogP contribution in [-0.4, -0.2) is 40.8 Å². The first kappa shape index (κ1) is 13.7. The van der Waals surface area contributed by atoms with Gasteiger partial charge in [0.2, 0.25) is 0 Å². The summed E-state index contributed by atoms with van der Waals surface area (Å²) in [6.07, 6.45) is 1.09. The molecule has 0 saturated carbocycles. The summed E-state index contributed by atoms with van der Waals surface area (Å²) in [6, 6.07) is 0. The molecular formula is C12H24N2OS. The molecule has 0 amide bonds. The Labute approximate surface area is 105 Å². The van der Waals surface area contributed by atoms with Crippen molar-refractivity contribution in [2.75, 3.05) is 19.6 Å². The molecule has 1 aliphatic rings. The van der Waals surface area contributed by atoms with Crippen LogP contribution in [0.5, 0.6) is 0 Å². The molecule has 0 bridgehead atoms. The number of morpholine rings is 1. The Balaban J connectivity index is 2.63. The van der Waals surface area contributed by atoms with Crippen molar-refractivity contribution in [1.82, 2.24) is 10.2 Å². The molecule has 0 aromatic rings. The highest BCUT2D eigenvalue weighted by Crippen LogP contribution is 2.27. The Hall–Kier alpha value is -0.350. The van der Waals surface area contributed by atoms with Crippen LogP contribution in [0, 0.1) is 0 Å². The predicted molar refractivity (Wildman–Crippen MR) is 71.7 cm³/mol. The van der Waals surface area contributed by atoms with Crippen LogP contribution >= 0.6 is 12.2 Å². The van der Waals surface area contributed by atoms with E-state index in [-0.39, 0.29) is 11.2 Å². The van der Waals surface area contributed by atoms with Gasteiger partial charge in [-0.05, 0) is 46.3 Å². The molecule has 0 spiro atoms. The largest absolute Gasteiger partial charge is 0.366 e. The first-order valence-electron chi connectivity index (χ1n) is 5.99. The maximum atomic E-state index is 6.02. The number of hydrogen-bond acceptors (Lipinski definition) is 2. The van der Waals surface area contributed by atoms with Crippen LogP contribution < -0.4 is 5.32 Å². The fourth-order valence-electron chi connectivity index (χ4n) is 2.28. The average Bonchev–Trinajstić information content (AvgIpc) is 2.09. The Morgan fingerprint density at radius 3 is 2.19 bits per heavy atom. The lowest BCUT2D eigenvalue weighted by molar-refractivity contribution is -0.167. The molecule has 0 aromatic carbocycles. The van der Waals surface area contributed by atoms with Crippen LogP contribution in [0.4, 0.5) is 0 Å². The quantitative estimate of drug-likeness (QED) is 0.752. The summed E-state index contributed by atoms with van der Waals surface area (Å²) < 4.78 is 6.02. The van der Waals surface area contributed by atoms with Gasteiger partial charge in [-0.15, -0.1) is 0 Å². The van der Waals surface area contributed by atoms with E-state index in [1.807, 2.05) is 0 Å². The smallest absolute Gasteiger partial charge is 0.169 e. The van der Waals surface area contributed by atoms with Crippen molar-refractivity contribution < 1.29 is 4.74 Å². The minimum Gasteiger partial charge on any atom is -0.366 e. The van der Waals surface area contributed by atoms with E-state index in [1.54, 1.807) is 0 Å². The van der Waals surface area contributed by atoms with E-state index >= 15 is 0 Å². The fourth-order valence-corrected chi connectivity index (χ4v) is 2.51. The standard InChI is InChI=1S/C12H24N2OS/c1-6-7-13-10(16)14-8-11(2,3)15-12(4,5)9-14/h6-9H2,1-5H3,(H,13,16). The second-order valence-corrected chi connectivity index (χ2v) is 6.10. The third kappa shape index (κ3) is 3.91. The first-order chi connectivity index (χ1) is 7.26. The lowest BCUT2D eigenvalue weighted by Crippen LogP contribution is -2.60. The highest BCUT2D eigenvalue weighted by Gasteiger charge is 2.38. The van der Waals surface area contributed by atoms with Crippen molar-refractivity contribution in [2.24, 2.45) is 0 Å². The highest BCUT2D eigenvalue weighted by molar-refractivity contribution is 7.80. The van der Waals surface area contributed by atoms with Crippen molar-refractivity contribution in [2.45, 2.75) is 52.2 Å². The number of hydrogen-bond donors (Lipinski definition) is 1. The molecule has 0 atom stereocenters. The summed E-state index contributed by atoms with van der Waals surface area (Å²) >= 11 is 5.40. The lowest BCUT2D eigenvalue weighted by atomic mass is 9.99. The summed E-state index contributed by atoms with van der Waals surface area (Å²) in [7, 11) is 0. The normalized spacial score (nSPS) is 22.9. The molecule has 1 N–H and O–H groups in total. The lowest BCUT2D eigenvalue weighted by Gasteiger charge is -2.48. The summed E-state index contributed by atoms with van der Waals surface area (Å²) in [5, 5.41) is 4.13. The van der Waals surface area contributed by atoms with Crippen molar-refractivity contribution in [3.8, 4) is 0 Å². The molecule has 16 heavy (non-hydrogen) atoms. The van der Waals surface area contributed by atoms with Gasteiger partial charge in [0.1, 0.15) is 0 Å². The van der Waals surface area contributed by atoms with Gasteiger partial charge in [0, 0.05) is 19.6 Å². The number of nitrogens with zero attached hydrogens (tertiary/aromatic N) is 1. The fraction of sp³-hybridized carbons (Fsp3) is 0.917. The maximum Gasteiger partial charge on any atom is 0.169 e. The van der Waals surface area contributed by atoms with Crippen LogP contribution in [0.25, 0.3) is 0 Å². The van der Waals surface area contributed by atoms with E-state index in [0.717, 1.165) is 31.2 Å². The van der Waals surface area contributed by atoms with Crippen LogP contribution in [0.2, 0.25) is 0 Å². The number of nitrogens with one attached hydrogen (secondary N) is 1. The predicted octanol–water partition coefficient (Wildman–Crippen LogP) is 2.16. The van der Waals surface area contributed by atoms with Gasteiger partial charge in [-0.2, -0.15) is 0 Å². The van der Waals surface area contributed by atoms with Gasteiger partial charge >= 0.3 is 0 Å². The van der Waals surface area contributed by atoms with E-state index in [2.05, 4.69) is 44.8 Å². The van der Waals surface area contributed by atoms with E-state index in [1.165, 1.54) is 0 Å². The zero-order chi connectivity index (χ0) is 12.4. The summed E-state index contributed by atoms with van der Waals surface area (Å²) in [4.78, 5) is 2.22. The van der Waals surface area contributed by atoms with Crippen molar-refractivity contribution in [3.05, 3.63) is 0 Å². The Bertz CT molecular complexity index is 248. The minimum atomic E-state index is -0.139. The molecule has 3 nitrogen and oxygen atoms in total. The molecule has 0 radical (unpaired) electrons. The molecule has 0 aromatic heterocycles. The Morgan fingerprint density at radius 2 is 1.75 bits per heavy atom. The van der Waals surface area contributed by atoms with Gasteiger partial charge in [0.25, 0.3) is 0 Å². The molecule has 1 heterocycles. The van der Waals surface area contributed by atoms with Gasteiger partial charge in [-0.25, -0.2) is 0 Å². The molecule has 4 heteroatoms. The second-order valence-electron chi connectivity index (χ2n) is 5.71. The first-order valence-corrected chi connectivity index (χ1v) is 6.39. The van der Waals surface area contributed by atoms with Gasteiger partial charge in [0.15, 0.2) is 5.11 Å². The van der Waals surface area contributed by atoms with Crippen molar-refractivity contribution in [3.63, 3.8) is 0 Å². The Morgan fingerprint density at radius 1 is 1.25 bits per heavy atom. The topological polar surface area (TPSA) is 24.5 Å². The third-order valence-electron chi connectivity index (χ3n) is 2.51. The monoisotopic (exact) mass is 244 g/mol. The zero-order valence-corrected chi connectivity index (χ0v) is 11.9. The molecule has 1 saturated heterocycles. The highest BCUT2D eigenvalue weighted by atomic mass is 32.1. The summed E-state index contributed by atoms with van der Waals surface area (Å²) in [6.45, 7) is 13.2. The molecule has 1 aliphatic heterocycles. The molecule has 0 aliphatic carbocycles. The van der Waals surface area contributed by atoms with Gasteiger partial charge in [0.05, 0.1) is 11.2 Å². The van der Waals surface area contributed by atoms with Crippen LogP contribution in [0.3, 0.4) is 0 Å². The van der Waals surface area contributed by atoms with E-state index in [0.29, 0.717) is 0 Å². The SMILES string of the molecule is CCCNC(=S)N1CC(C)(C)OC(C)(C)C1. The number of thiocarbonyl (C=S) groups is 1. The molecule has 0 unspecified atom stereocenters. The molecule has 94 valence electrons. The van der Waals surface area contributed by atoms with Crippen molar-refractivity contribution >= 4 is 17.3 Å². The summed E-state index contributed by atoms with van der Waals surface area (Å²) in [5.41, 5.74) is -0.278. The number of rotatable bonds is 2. The maximum absolute atomic E-state index is 6.02. The van der Waals surface area contributed by atoms with Gasteiger partial charge < -0.3 is 15.0 Å². The van der Waals surface area contributed by atoms with Gasteiger partial charge in [-0.1, -0.05) is 6.92 Å². The van der Waals surface area contributed by atoms with E-state index in [4.69, 9.17) is 17.0 Å². The number of ether oxygens (including phenoxy) is 1. The summed E-state index contributed by atoms with van der Waals surface area (Å²) in [5.74, 6) is 0. The average molecular weight is 244 g/mol. The van der Waals surface area contributed by atoms with Gasteiger partial charge in [-0.3, -0.25) is 0 Å². The Kier molecular flexibility index (Phi) is 4.18. The molecule has 1 rings (SSSR count). The van der Waals surface area contributed by atoms with Crippen molar-refractivity contribution in [1.29, 1.82) is 0 Å². The van der Waals surface area contributed by atoms with Crippen LogP contribution in [-0.2, 0) is 4.74 Å². The van der Waals surface area contributed by atoms with Crippen LogP contribution in [0.1, 0.15) is 41.0 Å². The van der Waals surface area contributed by atoms with E-state index in [9.17, 15) is 0 Å². The molecule has 1 fully saturated rings.